The number of halogens is 2. The van der Waals surface area contributed by atoms with Crippen molar-refractivity contribution in [2.75, 3.05) is 146 Å². The quantitative estimate of drug-likeness (QED) is 0.0224. The molecule has 0 atom stereocenters. The molecule has 14 N–H and O–H groups in total. The SMILES string of the molecule is CN(C)c1cc[n+](S(=O)(=O)NC(=O)OC(C)(C)C)cc1.Cc1cc2ncc(C#N)c(Cl)c2cc1C.Cc1cc2ncc(C#N)c(NCCOCCN)c2cc1C.Cc1cc2ncc(C#N)c(NCCOCCNS(C)(=O)=O)c2cc1C.Cc1cc2ncc(C#N)c(NCCOCCNS(N)(=O)=O)c2cc1C.NCCOCCN.[Cl-]. The number of carbonyl (C=O) groups excluding carboxylic acids is 1. The number of aryl methyl sites for hydroxylation is 8. The van der Waals surface area contributed by atoms with E-state index in [2.05, 4.69) is 83.5 Å². The van der Waals surface area contributed by atoms with Gasteiger partial charge in [0.15, 0.2) is 12.4 Å². The molecule has 4 aromatic carbocycles. The van der Waals surface area contributed by atoms with Crippen molar-refractivity contribution >= 4 is 114 Å². The van der Waals surface area contributed by atoms with Gasteiger partial charge < -0.3 is 74.1 Å². The Labute approximate surface area is 680 Å². The highest BCUT2D eigenvalue weighted by Gasteiger charge is 2.28. The Balaban J connectivity index is 0.000000363. The average Bonchev–Trinajstić information content (AvgIpc) is 0.804. The van der Waals surface area contributed by atoms with Crippen molar-refractivity contribution in [3.8, 4) is 24.3 Å². The Morgan fingerprint density at radius 1 is 0.491 bits per heavy atom. The summed E-state index contributed by atoms with van der Waals surface area (Å²) < 4.78 is 100. The van der Waals surface area contributed by atoms with Crippen LogP contribution in [0.2, 0.25) is 5.02 Å². The zero-order chi connectivity index (χ0) is 84.2. The lowest BCUT2D eigenvalue weighted by Crippen LogP contribution is -3.00. The summed E-state index contributed by atoms with van der Waals surface area (Å²) >= 11 is 6.10. The maximum Gasteiger partial charge on any atom is 0.474 e. The third kappa shape index (κ3) is 33.3. The molecule has 0 saturated carbocycles. The molecule has 0 saturated heterocycles. The van der Waals surface area contributed by atoms with Crippen LogP contribution >= 0.6 is 11.6 Å². The van der Waals surface area contributed by atoms with Gasteiger partial charge in [-0.05, 0) is 169 Å². The first-order valence-corrected chi connectivity index (χ1v) is 40.8. The summed E-state index contributed by atoms with van der Waals surface area (Å²) in [5.41, 5.74) is 32.5. The Morgan fingerprint density at radius 3 is 1.11 bits per heavy atom. The first kappa shape index (κ1) is 98.3. The van der Waals surface area contributed by atoms with Crippen LogP contribution in [0, 0.1) is 101 Å². The van der Waals surface area contributed by atoms with Crippen molar-refractivity contribution in [2.24, 2.45) is 22.3 Å². The largest absolute Gasteiger partial charge is 1.00 e. The Bertz CT molecular complexity index is 5080. The molecule has 5 heterocycles. The molecule has 37 heteroatoms. The molecule has 0 spiro atoms. The zero-order valence-corrected chi connectivity index (χ0v) is 70.7. The van der Waals surface area contributed by atoms with Crippen LogP contribution in [0.25, 0.3) is 43.6 Å². The van der Waals surface area contributed by atoms with E-state index < -0.39 is 42.1 Å². The number of nitrogens with zero attached hydrogens (tertiary/aromatic N) is 10. The van der Waals surface area contributed by atoms with Crippen LogP contribution in [0.4, 0.5) is 27.5 Å². The molecule has 0 aliphatic carbocycles. The number of benzene rings is 4. The summed E-state index contributed by atoms with van der Waals surface area (Å²) in [6.45, 7) is 28.4. The highest BCUT2D eigenvalue weighted by Crippen LogP contribution is 2.32. The lowest BCUT2D eigenvalue weighted by atomic mass is 10.0. The van der Waals surface area contributed by atoms with Crippen LogP contribution < -0.4 is 73.7 Å². The highest BCUT2D eigenvalue weighted by molar-refractivity contribution is 7.88. The standard InChI is InChI=1S/C17H22N4O3S.C16H21N5O3S.C16H20N4O.C12H9ClN2.C12H19N3O4S.C4H12N2O.ClH/c1-12-8-15-16(9-13(12)2)20-11-14(10-18)17(15)19-4-6-24-7-5-21-25(3,22)23;1-11-7-14-15(8-12(11)2)20-10-13(9-17)16(14)19-3-5-24-6-4-21-25(18,22)23;1-11-7-14-15(8-12(11)2)20-10-13(9-18)16(14)19-4-6-21-5-3-17;1-7-3-10-11(4-8(7)2)15-6-9(5-14)12(10)13;1-12(2,3)19-11(16)13-20(17,18)15-8-6-10(7-9-15)14(4)5;5-1-3-7-4-2-6;/h8-9,11,21H,4-7H2,1-3H3,(H,19,20);7-8,10,21H,3-6H2,1-2H3,(H,19,20)(H2,18,22,23);7-8,10H,3-6,17H2,1-2H3,(H,19,20);3-4,6H,1-2H3;6-9H,1-5H3;1-6H2;1H. The zero-order valence-electron chi connectivity index (χ0n) is 66.7. The molecule has 9 rings (SSSR count). The first-order chi connectivity index (χ1) is 53.4. The first-order valence-electron chi connectivity index (χ1n) is 35.5. The normalized spacial score (nSPS) is 11.0. The molecule has 114 heavy (non-hydrogen) atoms. The molecule has 5 aromatic heterocycles. The van der Waals surface area contributed by atoms with Gasteiger partial charge in [0.05, 0.1) is 126 Å². The number of carbonyl (C=O) groups is 1. The number of nitriles is 4. The molecule has 616 valence electrons. The Morgan fingerprint density at radius 2 is 0.789 bits per heavy atom. The van der Waals surface area contributed by atoms with Gasteiger partial charge in [0, 0.05) is 131 Å². The fourth-order valence-corrected chi connectivity index (χ4v) is 11.8. The minimum atomic E-state index is -4.00. The number of nitrogens with two attached hydrogens (primary N) is 4. The van der Waals surface area contributed by atoms with Crippen LogP contribution in [0.1, 0.15) is 87.5 Å². The van der Waals surface area contributed by atoms with Gasteiger partial charge in [-0.25, -0.2) is 27.8 Å². The van der Waals surface area contributed by atoms with Crippen molar-refractivity contribution in [3.63, 3.8) is 0 Å². The maximum absolute atomic E-state index is 11.9. The maximum atomic E-state index is 11.9. The number of hydrogen-bond donors (Lipinski definition) is 10. The van der Waals surface area contributed by atoms with Gasteiger partial charge in [-0.3, -0.25) is 19.9 Å². The summed E-state index contributed by atoms with van der Waals surface area (Å²) in [5, 5.41) is 55.4. The molecule has 0 aliphatic heterocycles. The Hall–Kier alpha value is -9.87. The lowest BCUT2D eigenvalue weighted by Gasteiger charge is -2.18. The summed E-state index contributed by atoms with van der Waals surface area (Å²) in [7, 11) is -7.20. The molecule has 0 radical (unpaired) electrons. The molecule has 0 fully saturated rings. The van der Waals surface area contributed by atoms with E-state index >= 15 is 0 Å². The summed E-state index contributed by atoms with van der Waals surface area (Å²) in [6.07, 6.45) is 9.04. The Kier molecular flexibility index (Phi) is 41.7. The van der Waals surface area contributed by atoms with Crippen LogP contribution in [0.15, 0.2) is 97.8 Å². The fraction of sp³-hybridized carbons (Fsp3) is 0.403. The van der Waals surface area contributed by atoms with E-state index in [9.17, 15) is 45.8 Å². The number of amides is 1. The number of pyridine rings is 5. The highest BCUT2D eigenvalue weighted by atomic mass is 35.5. The van der Waals surface area contributed by atoms with Crippen molar-refractivity contribution in [1.29, 1.82) is 21.0 Å². The number of nitrogens with one attached hydrogen (secondary N) is 6. The van der Waals surface area contributed by atoms with Gasteiger partial charge >= 0.3 is 16.3 Å². The molecule has 9 aromatic rings. The molecule has 0 aliphatic rings. The van der Waals surface area contributed by atoms with Gasteiger partial charge in [0.25, 0.3) is 10.2 Å². The summed E-state index contributed by atoms with van der Waals surface area (Å²) in [4.78, 5) is 30.6. The van der Waals surface area contributed by atoms with Gasteiger partial charge in [0.2, 0.25) is 10.0 Å². The number of sulfonamides is 1. The molecular formula is C77H104Cl2N20O12S3. The topological polar surface area (TPSA) is 496 Å². The van der Waals surface area contributed by atoms with Crippen LogP contribution in [0.3, 0.4) is 0 Å². The number of anilines is 4. The van der Waals surface area contributed by atoms with Crippen LogP contribution in [-0.4, -0.2) is 182 Å². The number of aromatic nitrogens is 5. The van der Waals surface area contributed by atoms with Crippen molar-refractivity contribution in [2.45, 2.75) is 81.8 Å². The molecular weight excluding hydrogens is 1560 g/mol. The molecule has 32 nitrogen and oxygen atoms in total. The van der Waals surface area contributed by atoms with E-state index in [1.165, 1.54) is 35.3 Å². The van der Waals surface area contributed by atoms with Crippen LogP contribution in [-0.2, 0) is 54.1 Å². The van der Waals surface area contributed by atoms with E-state index in [1.54, 1.807) is 51.5 Å². The van der Waals surface area contributed by atoms with Gasteiger partial charge in [0.1, 0.15) is 29.9 Å². The van der Waals surface area contributed by atoms with Crippen molar-refractivity contribution in [3.05, 3.63) is 170 Å². The van der Waals surface area contributed by atoms with E-state index in [4.69, 9.17) is 62.9 Å². The van der Waals surface area contributed by atoms with Crippen LogP contribution in [0.5, 0.6) is 0 Å². The van der Waals surface area contributed by atoms with Gasteiger partial charge in [-0.2, -0.15) is 34.2 Å². The molecule has 1 amide bonds. The number of rotatable bonds is 29. The second-order valence-electron chi connectivity index (χ2n) is 26.5. The van der Waals surface area contributed by atoms with E-state index in [0.29, 0.717) is 106 Å². The smallest absolute Gasteiger partial charge is 0.474 e. The van der Waals surface area contributed by atoms with Crippen molar-refractivity contribution < 1.29 is 70.1 Å². The van der Waals surface area contributed by atoms with Crippen molar-refractivity contribution in [1.82, 2.24) is 34.1 Å². The van der Waals surface area contributed by atoms with Gasteiger partial charge in [-0.15, -0.1) is 8.42 Å². The lowest BCUT2D eigenvalue weighted by molar-refractivity contribution is -0.512. The number of hydrogen-bond acceptors (Lipinski definition) is 27. The van der Waals surface area contributed by atoms with E-state index in [-0.39, 0.29) is 38.7 Å². The van der Waals surface area contributed by atoms with E-state index in [0.717, 1.165) is 104 Å². The van der Waals surface area contributed by atoms with Gasteiger partial charge in [-0.1, -0.05) is 15.6 Å². The predicted molar refractivity (Wildman–Crippen MR) is 443 cm³/mol. The predicted octanol–water partition coefficient (Wildman–Crippen LogP) is 4.72. The minimum Gasteiger partial charge on any atom is -1.00 e. The number of ether oxygens (including phenoxy) is 5. The summed E-state index contributed by atoms with van der Waals surface area (Å²) in [5.74, 6) is 0. The number of fused-ring (bicyclic) bond motifs is 4. The minimum absolute atomic E-state index is 0. The molecule has 0 unspecified atom stereocenters. The monoisotopic (exact) mass is 1670 g/mol. The third-order valence-corrected chi connectivity index (χ3v) is 19.1. The fourth-order valence-electron chi connectivity index (χ4n) is 9.96. The third-order valence-electron chi connectivity index (χ3n) is 16.1. The second-order valence-corrected chi connectivity index (χ2v) is 31.6. The average molecular weight is 1670 g/mol. The molecule has 0 bridgehead atoms. The van der Waals surface area contributed by atoms with E-state index in [1.807, 2.05) is 114 Å². The summed E-state index contributed by atoms with van der Waals surface area (Å²) in [6, 6.07) is 27.9. The second kappa shape index (κ2) is 48.4.